The molecule has 1 aromatic rings. The zero-order valence-electron chi connectivity index (χ0n) is 13.5. The number of esters is 1. The first-order chi connectivity index (χ1) is 11.1. The van der Waals surface area contributed by atoms with Crippen LogP contribution >= 0.6 is 0 Å². The molecule has 0 saturated carbocycles. The van der Waals surface area contributed by atoms with Crippen molar-refractivity contribution < 1.29 is 28.7 Å². The third-order valence-electron chi connectivity index (χ3n) is 3.11. The van der Waals surface area contributed by atoms with Crippen molar-refractivity contribution >= 4 is 17.6 Å². The van der Waals surface area contributed by atoms with E-state index in [-0.39, 0.29) is 18.4 Å². The van der Waals surface area contributed by atoms with Gasteiger partial charge in [0.1, 0.15) is 0 Å². The number of halogens is 1. The van der Waals surface area contributed by atoms with Crippen LogP contribution in [0.1, 0.15) is 32.8 Å². The minimum atomic E-state index is -2.20. The summed E-state index contributed by atoms with van der Waals surface area (Å²) in [6, 6.07) is 3.01. The fourth-order valence-corrected chi connectivity index (χ4v) is 1.86. The zero-order chi connectivity index (χ0) is 18.5. The maximum atomic E-state index is 13.3. The highest BCUT2D eigenvalue weighted by Crippen LogP contribution is 2.19. The number of ether oxygens (including phenoxy) is 1. The number of benzene rings is 1. The van der Waals surface area contributed by atoms with Crippen molar-refractivity contribution in [3.05, 3.63) is 39.7 Å². The molecule has 0 radical (unpaired) electrons. The Balaban J connectivity index is 2.86. The number of hydrogen-bond acceptors (Lipinski definition) is 6. The van der Waals surface area contributed by atoms with Crippen LogP contribution in [-0.2, 0) is 20.7 Å². The summed E-state index contributed by atoms with van der Waals surface area (Å²) in [5.74, 6) is -2.78. The van der Waals surface area contributed by atoms with Crippen molar-refractivity contribution in [2.45, 2.75) is 45.4 Å². The summed E-state index contributed by atoms with van der Waals surface area (Å²) in [6.45, 7) is 4.66. The Morgan fingerprint density at radius 2 is 2.08 bits per heavy atom. The van der Waals surface area contributed by atoms with E-state index in [1.54, 1.807) is 13.8 Å². The van der Waals surface area contributed by atoms with Crippen molar-refractivity contribution in [2.75, 3.05) is 0 Å². The van der Waals surface area contributed by atoms with Crippen LogP contribution in [0.4, 0.5) is 10.1 Å². The van der Waals surface area contributed by atoms with Gasteiger partial charge in [0, 0.05) is 12.5 Å². The molecule has 9 heteroatoms. The highest BCUT2D eigenvalue weighted by molar-refractivity contribution is 5.87. The van der Waals surface area contributed by atoms with Crippen molar-refractivity contribution in [3.63, 3.8) is 0 Å². The molecule has 0 aromatic heterocycles. The summed E-state index contributed by atoms with van der Waals surface area (Å²) in [6.07, 6.45) is -0.987. The van der Waals surface area contributed by atoms with Crippen molar-refractivity contribution in [1.29, 1.82) is 0 Å². The largest absolute Gasteiger partial charge is 0.459 e. The summed E-state index contributed by atoms with van der Waals surface area (Å²) in [7, 11) is 0. The Labute approximate surface area is 137 Å². The number of nitrogens with zero attached hydrogens (tertiary/aromatic N) is 1. The molecule has 0 aliphatic heterocycles. The molecule has 1 rings (SSSR count). The molecule has 132 valence electrons. The lowest BCUT2D eigenvalue weighted by molar-refractivity contribution is -0.387. The van der Waals surface area contributed by atoms with Crippen molar-refractivity contribution in [1.82, 2.24) is 5.32 Å². The number of nitrogens with one attached hydrogen (secondary N) is 1. The van der Waals surface area contributed by atoms with Crippen LogP contribution < -0.4 is 5.32 Å². The molecule has 0 bridgehead atoms. The van der Waals surface area contributed by atoms with E-state index in [1.165, 1.54) is 13.0 Å². The number of rotatable bonds is 7. The van der Waals surface area contributed by atoms with Crippen molar-refractivity contribution in [2.24, 2.45) is 0 Å². The van der Waals surface area contributed by atoms with Crippen LogP contribution in [-0.4, -0.2) is 33.7 Å². The van der Waals surface area contributed by atoms with Gasteiger partial charge in [-0.3, -0.25) is 14.9 Å². The van der Waals surface area contributed by atoms with E-state index in [1.807, 2.05) is 0 Å². The van der Waals surface area contributed by atoms with Gasteiger partial charge in [0.25, 0.3) is 0 Å². The van der Waals surface area contributed by atoms with E-state index in [0.29, 0.717) is 0 Å². The van der Waals surface area contributed by atoms with Crippen molar-refractivity contribution in [3.8, 4) is 0 Å². The molecule has 0 fully saturated rings. The van der Waals surface area contributed by atoms with E-state index in [0.717, 1.165) is 12.1 Å². The van der Waals surface area contributed by atoms with Crippen LogP contribution in [0.25, 0.3) is 0 Å². The Morgan fingerprint density at radius 1 is 1.46 bits per heavy atom. The van der Waals surface area contributed by atoms with Crippen LogP contribution in [0.2, 0.25) is 0 Å². The van der Waals surface area contributed by atoms with Gasteiger partial charge >= 0.3 is 11.7 Å². The molecule has 2 N–H and O–H groups in total. The smallest absolute Gasteiger partial charge is 0.359 e. The molecule has 1 amide bonds. The molecule has 0 aliphatic rings. The standard InChI is InChI=1S/C15H19FN2O6/c1-4-15(21,14(20)24-9(2)3)17-13(19)8-10-5-6-11(16)12(7-10)18(22)23/h5-7,9,21H,4,8H2,1-3H3,(H,17,19). The fraction of sp³-hybridized carbons (Fsp3) is 0.467. The van der Waals surface area contributed by atoms with E-state index in [9.17, 15) is 29.2 Å². The molecule has 1 atom stereocenters. The maximum absolute atomic E-state index is 13.3. The molecule has 0 saturated heterocycles. The fourth-order valence-electron chi connectivity index (χ4n) is 1.86. The van der Waals surface area contributed by atoms with E-state index in [2.05, 4.69) is 5.32 Å². The summed E-state index contributed by atoms with van der Waals surface area (Å²) in [5.41, 5.74) is -2.80. The van der Waals surface area contributed by atoms with Gasteiger partial charge in [-0.1, -0.05) is 13.0 Å². The molecule has 0 heterocycles. The highest BCUT2D eigenvalue weighted by Gasteiger charge is 2.38. The zero-order valence-corrected chi connectivity index (χ0v) is 13.5. The first-order valence-corrected chi connectivity index (χ1v) is 7.26. The molecular weight excluding hydrogens is 323 g/mol. The average molecular weight is 342 g/mol. The predicted molar refractivity (Wildman–Crippen MR) is 81.4 cm³/mol. The second-order valence-corrected chi connectivity index (χ2v) is 5.44. The molecule has 1 aromatic carbocycles. The quantitative estimate of drug-likeness (QED) is 0.335. The van der Waals surface area contributed by atoms with Crippen LogP contribution in [0.15, 0.2) is 18.2 Å². The first-order valence-electron chi connectivity index (χ1n) is 7.26. The van der Waals surface area contributed by atoms with Gasteiger partial charge in [-0.25, -0.2) is 4.79 Å². The lowest BCUT2D eigenvalue weighted by atomic mass is 10.1. The topological polar surface area (TPSA) is 119 Å². The van der Waals surface area contributed by atoms with E-state index < -0.39 is 40.1 Å². The van der Waals surface area contributed by atoms with Gasteiger partial charge in [-0.2, -0.15) is 4.39 Å². The predicted octanol–water partition coefficient (Wildman–Crippen LogP) is 1.44. The SMILES string of the molecule is CCC(O)(NC(=O)Cc1ccc(F)c([N+](=O)[O-])c1)C(=O)OC(C)C. The Morgan fingerprint density at radius 3 is 2.58 bits per heavy atom. The van der Waals surface area contributed by atoms with Crippen LogP contribution in [0.3, 0.4) is 0 Å². The Hall–Kier alpha value is -2.55. The van der Waals surface area contributed by atoms with Gasteiger partial charge in [-0.15, -0.1) is 0 Å². The average Bonchev–Trinajstić information content (AvgIpc) is 2.47. The number of amides is 1. The summed E-state index contributed by atoms with van der Waals surface area (Å²) < 4.78 is 18.1. The number of nitro benzene ring substituents is 1. The third-order valence-corrected chi connectivity index (χ3v) is 3.11. The summed E-state index contributed by atoms with van der Waals surface area (Å²) in [5, 5.41) is 23.0. The van der Waals surface area contributed by atoms with E-state index in [4.69, 9.17) is 4.74 Å². The summed E-state index contributed by atoms with van der Waals surface area (Å²) in [4.78, 5) is 33.6. The monoisotopic (exact) mass is 342 g/mol. The second-order valence-electron chi connectivity index (χ2n) is 5.44. The Kier molecular flexibility index (Phi) is 6.35. The molecule has 0 spiro atoms. The number of carbonyl (C=O) groups is 2. The summed E-state index contributed by atoms with van der Waals surface area (Å²) >= 11 is 0. The van der Waals surface area contributed by atoms with Gasteiger partial charge < -0.3 is 15.2 Å². The second kappa shape index (κ2) is 7.82. The lowest BCUT2D eigenvalue weighted by Gasteiger charge is -2.26. The third kappa shape index (κ3) is 4.98. The Bertz CT molecular complexity index is 649. The molecule has 0 aliphatic carbocycles. The first kappa shape index (κ1) is 19.5. The minimum Gasteiger partial charge on any atom is -0.459 e. The van der Waals surface area contributed by atoms with Gasteiger partial charge in [0.05, 0.1) is 17.4 Å². The van der Waals surface area contributed by atoms with Gasteiger partial charge in [-0.05, 0) is 25.5 Å². The number of aliphatic hydroxyl groups is 1. The van der Waals surface area contributed by atoms with Gasteiger partial charge in [0.15, 0.2) is 0 Å². The molecule has 8 nitrogen and oxygen atoms in total. The lowest BCUT2D eigenvalue weighted by Crippen LogP contribution is -2.55. The van der Waals surface area contributed by atoms with E-state index >= 15 is 0 Å². The van der Waals surface area contributed by atoms with Crippen LogP contribution in [0, 0.1) is 15.9 Å². The van der Waals surface area contributed by atoms with Gasteiger partial charge in [0.2, 0.25) is 17.4 Å². The highest BCUT2D eigenvalue weighted by atomic mass is 19.1. The molecule has 1 unspecified atom stereocenters. The number of hydrogen-bond donors (Lipinski definition) is 2. The van der Waals surface area contributed by atoms with Crippen LogP contribution in [0.5, 0.6) is 0 Å². The maximum Gasteiger partial charge on any atom is 0.359 e. The minimum absolute atomic E-state index is 0.131. The molecular formula is C15H19FN2O6. The number of carbonyl (C=O) groups excluding carboxylic acids is 2. The normalized spacial score (nSPS) is 13.2. The molecule has 24 heavy (non-hydrogen) atoms. The number of nitro groups is 1.